The summed E-state index contributed by atoms with van der Waals surface area (Å²) in [6.07, 6.45) is 3.58. The number of pyridine rings is 2. The molecular weight excluding hydrogens is 286 g/mol. The first kappa shape index (κ1) is 15.3. The molecule has 2 N–H and O–H groups in total. The van der Waals surface area contributed by atoms with Crippen LogP contribution in [0.5, 0.6) is 0 Å². The molecule has 116 valence electrons. The number of rotatable bonds is 6. The van der Waals surface area contributed by atoms with Crippen LogP contribution in [0.2, 0.25) is 0 Å². The average Bonchev–Trinajstić information content (AvgIpc) is 2.64. The third kappa shape index (κ3) is 4.22. The van der Waals surface area contributed by atoms with E-state index in [-0.39, 0.29) is 6.04 Å². The van der Waals surface area contributed by atoms with Crippen molar-refractivity contribution in [1.82, 2.24) is 9.97 Å². The highest BCUT2D eigenvalue weighted by molar-refractivity contribution is 5.53. The van der Waals surface area contributed by atoms with Gasteiger partial charge in [0.25, 0.3) is 0 Å². The normalized spacial score (nSPS) is 12.0. The molecule has 0 saturated carbocycles. The number of hydrogen-bond acceptors (Lipinski definition) is 4. The fraction of sp³-hybridized carbons (Fsp3) is 0.158. The lowest BCUT2D eigenvalue weighted by molar-refractivity contribution is 0.108. The molecule has 4 nitrogen and oxygen atoms in total. The molecule has 2 heterocycles. The Bertz CT molecular complexity index is 715. The molecule has 3 rings (SSSR count). The van der Waals surface area contributed by atoms with E-state index in [0.717, 1.165) is 22.5 Å². The minimum Gasteiger partial charge on any atom is -0.375 e. The van der Waals surface area contributed by atoms with Crippen LogP contribution in [0.3, 0.4) is 0 Å². The Kier molecular flexibility index (Phi) is 5.09. The molecule has 3 aromatic rings. The van der Waals surface area contributed by atoms with Crippen molar-refractivity contribution in [1.29, 1.82) is 0 Å². The molecule has 4 heteroatoms. The van der Waals surface area contributed by atoms with Crippen LogP contribution in [-0.2, 0) is 11.3 Å². The van der Waals surface area contributed by atoms with E-state index in [2.05, 4.69) is 9.97 Å². The molecule has 0 aliphatic rings. The number of aromatic nitrogens is 2. The van der Waals surface area contributed by atoms with Gasteiger partial charge in [-0.15, -0.1) is 0 Å². The van der Waals surface area contributed by atoms with E-state index in [4.69, 9.17) is 10.5 Å². The first-order valence-corrected chi connectivity index (χ1v) is 7.57. The molecule has 1 aromatic carbocycles. The van der Waals surface area contributed by atoms with E-state index >= 15 is 0 Å². The van der Waals surface area contributed by atoms with E-state index < -0.39 is 0 Å². The first-order chi connectivity index (χ1) is 11.3. The largest absolute Gasteiger partial charge is 0.375 e. The SMILES string of the molecule is N[C@@H](COCc1ccc(-c2ccccn2)nc1)c1ccccc1. The van der Waals surface area contributed by atoms with Crippen molar-refractivity contribution in [2.45, 2.75) is 12.6 Å². The van der Waals surface area contributed by atoms with Gasteiger partial charge >= 0.3 is 0 Å². The zero-order valence-corrected chi connectivity index (χ0v) is 12.8. The summed E-state index contributed by atoms with van der Waals surface area (Å²) in [5.74, 6) is 0. The van der Waals surface area contributed by atoms with Crippen molar-refractivity contribution in [2.24, 2.45) is 5.73 Å². The van der Waals surface area contributed by atoms with E-state index in [1.807, 2.05) is 66.9 Å². The Morgan fingerprint density at radius 2 is 1.65 bits per heavy atom. The second-order valence-corrected chi connectivity index (χ2v) is 5.30. The van der Waals surface area contributed by atoms with Gasteiger partial charge in [0.1, 0.15) is 0 Å². The third-order valence-electron chi connectivity index (χ3n) is 3.55. The van der Waals surface area contributed by atoms with Crippen molar-refractivity contribution in [3.63, 3.8) is 0 Å². The van der Waals surface area contributed by atoms with Gasteiger partial charge in [-0.2, -0.15) is 0 Å². The summed E-state index contributed by atoms with van der Waals surface area (Å²) in [5.41, 5.74) is 9.93. The Labute approximate surface area is 136 Å². The van der Waals surface area contributed by atoms with Crippen LogP contribution >= 0.6 is 0 Å². The standard InChI is InChI=1S/C19H19N3O/c20-17(16-6-2-1-3-7-16)14-23-13-15-9-10-19(22-12-15)18-8-4-5-11-21-18/h1-12,17H,13-14,20H2/t17-/m0/s1. The van der Waals surface area contributed by atoms with Crippen molar-refractivity contribution in [3.8, 4) is 11.4 Å². The first-order valence-electron chi connectivity index (χ1n) is 7.57. The summed E-state index contributed by atoms with van der Waals surface area (Å²) in [6.45, 7) is 0.974. The highest BCUT2D eigenvalue weighted by Gasteiger charge is 2.06. The van der Waals surface area contributed by atoms with Crippen LogP contribution in [-0.4, -0.2) is 16.6 Å². The van der Waals surface area contributed by atoms with Gasteiger partial charge in [-0.1, -0.05) is 42.5 Å². The summed E-state index contributed by atoms with van der Waals surface area (Å²) in [5, 5.41) is 0. The highest BCUT2D eigenvalue weighted by Crippen LogP contribution is 2.15. The Morgan fingerprint density at radius 3 is 2.35 bits per heavy atom. The van der Waals surface area contributed by atoms with Gasteiger partial charge in [-0.3, -0.25) is 9.97 Å². The van der Waals surface area contributed by atoms with Crippen LogP contribution in [0.15, 0.2) is 73.1 Å². The van der Waals surface area contributed by atoms with Crippen LogP contribution in [0, 0.1) is 0 Å². The average molecular weight is 305 g/mol. The van der Waals surface area contributed by atoms with Gasteiger partial charge in [0.15, 0.2) is 0 Å². The third-order valence-corrected chi connectivity index (χ3v) is 3.55. The van der Waals surface area contributed by atoms with Crippen molar-refractivity contribution < 1.29 is 4.74 Å². The highest BCUT2D eigenvalue weighted by atomic mass is 16.5. The number of nitrogens with zero attached hydrogens (tertiary/aromatic N) is 2. The Morgan fingerprint density at radius 1 is 0.870 bits per heavy atom. The predicted molar refractivity (Wildman–Crippen MR) is 90.5 cm³/mol. The lowest BCUT2D eigenvalue weighted by Gasteiger charge is -2.12. The summed E-state index contributed by atoms with van der Waals surface area (Å²) >= 11 is 0. The molecule has 23 heavy (non-hydrogen) atoms. The zero-order chi connectivity index (χ0) is 15.9. The smallest absolute Gasteiger partial charge is 0.0886 e. The van der Waals surface area contributed by atoms with Gasteiger partial charge in [0, 0.05) is 12.4 Å². The summed E-state index contributed by atoms with van der Waals surface area (Å²) < 4.78 is 5.70. The number of nitrogens with two attached hydrogens (primary N) is 1. The lowest BCUT2D eigenvalue weighted by atomic mass is 10.1. The van der Waals surface area contributed by atoms with E-state index in [1.54, 1.807) is 6.20 Å². The topological polar surface area (TPSA) is 61.0 Å². The van der Waals surface area contributed by atoms with Crippen molar-refractivity contribution in [3.05, 3.63) is 84.2 Å². The van der Waals surface area contributed by atoms with Gasteiger partial charge in [-0.05, 0) is 29.3 Å². The monoisotopic (exact) mass is 305 g/mol. The quantitative estimate of drug-likeness (QED) is 0.758. The lowest BCUT2D eigenvalue weighted by Crippen LogP contribution is -2.16. The molecule has 0 aliphatic heterocycles. The molecule has 0 fully saturated rings. The van der Waals surface area contributed by atoms with Gasteiger partial charge in [-0.25, -0.2) is 0 Å². The Hall–Kier alpha value is -2.56. The van der Waals surface area contributed by atoms with E-state index in [9.17, 15) is 0 Å². The van der Waals surface area contributed by atoms with Gasteiger partial charge in [0.05, 0.1) is 30.6 Å². The Balaban J connectivity index is 1.53. The molecule has 0 spiro atoms. The fourth-order valence-electron chi connectivity index (χ4n) is 2.28. The number of hydrogen-bond donors (Lipinski definition) is 1. The summed E-state index contributed by atoms with van der Waals surface area (Å²) in [7, 11) is 0. The van der Waals surface area contributed by atoms with Crippen LogP contribution in [0.4, 0.5) is 0 Å². The van der Waals surface area contributed by atoms with E-state index in [1.165, 1.54) is 0 Å². The number of ether oxygens (including phenoxy) is 1. The molecule has 2 aromatic heterocycles. The maximum absolute atomic E-state index is 6.11. The molecule has 0 aliphatic carbocycles. The molecule has 0 bridgehead atoms. The summed E-state index contributed by atoms with van der Waals surface area (Å²) in [6, 6.07) is 19.6. The van der Waals surface area contributed by atoms with Crippen LogP contribution < -0.4 is 5.73 Å². The predicted octanol–water partition coefficient (Wildman–Crippen LogP) is 3.36. The molecule has 1 atom stereocenters. The second kappa shape index (κ2) is 7.63. The maximum atomic E-state index is 6.11. The molecule has 0 unspecified atom stereocenters. The van der Waals surface area contributed by atoms with E-state index in [0.29, 0.717) is 13.2 Å². The molecule has 0 amide bonds. The maximum Gasteiger partial charge on any atom is 0.0886 e. The minimum atomic E-state index is -0.114. The fourth-order valence-corrected chi connectivity index (χ4v) is 2.28. The second-order valence-electron chi connectivity index (χ2n) is 5.30. The molecule has 0 radical (unpaired) electrons. The van der Waals surface area contributed by atoms with Gasteiger partial charge < -0.3 is 10.5 Å². The molecular formula is C19H19N3O. The molecule has 0 saturated heterocycles. The zero-order valence-electron chi connectivity index (χ0n) is 12.8. The van der Waals surface area contributed by atoms with Crippen LogP contribution in [0.1, 0.15) is 17.2 Å². The summed E-state index contributed by atoms with van der Waals surface area (Å²) in [4.78, 5) is 8.72. The van der Waals surface area contributed by atoms with Gasteiger partial charge in [0.2, 0.25) is 0 Å². The van der Waals surface area contributed by atoms with Crippen molar-refractivity contribution >= 4 is 0 Å². The van der Waals surface area contributed by atoms with Crippen LogP contribution in [0.25, 0.3) is 11.4 Å². The minimum absolute atomic E-state index is 0.114. The number of benzene rings is 1. The van der Waals surface area contributed by atoms with Crippen molar-refractivity contribution in [2.75, 3.05) is 6.61 Å².